The molecule has 2 saturated heterocycles. The molecule has 0 bridgehead atoms. The van der Waals surface area contributed by atoms with Gasteiger partial charge in [-0.05, 0) is 38.7 Å². The molecule has 7 heteroatoms. The van der Waals surface area contributed by atoms with Crippen molar-refractivity contribution in [2.75, 3.05) is 19.7 Å². The Morgan fingerprint density at radius 3 is 2.89 bits per heavy atom. The van der Waals surface area contributed by atoms with E-state index in [-0.39, 0.29) is 12.0 Å². The third-order valence-corrected chi connectivity index (χ3v) is 5.63. The van der Waals surface area contributed by atoms with Gasteiger partial charge < -0.3 is 19.4 Å². The van der Waals surface area contributed by atoms with Gasteiger partial charge in [0.1, 0.15) is 12.4 Å². The number of nitrogens with zero attached hydrogens (tertiary/aromatic N) is 3. The molecule has 2 aromatic rings. The Labute approximate surface area is 159 Å². The molecular weight excluding hydrogens is 344 g/mol. The number of likely N-dealkylation sites (tertiary alicyclic amines) is 1. The van der Waals surface area contributed by atoms with Crippen molar-refractivity contribution in [3.8, 4) is 0 Å². The van der Waals surface area contributed by atoms with Gasteiger partial charge in [0.05, 0.1) is 18.0 Å². The van der Waals surface area contributed by atoms with Crippen molar-refractivity contribution in [1.82, 2.24) is 20.0 Å². The highest BCUT2D eigenvalue weighted by molar-refractivity contribution is 5.93. The minimum absolute atomic E-state index is 0.0599. The summed E-state index contributed by atoms with van der Waals surface area (Å²) in [6, 6.07) is 2.44. The molecule has 0 aliphatic carbocycles. The zero-order chi connectivity index (χ0) is 18.6. The second-order valence-electron chi connectivity index (χ2n) is 7.41. The first-order valence-electron chi connectivity index (χ1n) is 9.96. The lowest BCUT2D eigenvalue weighted by Gasteiger charge is -2.38. The van der Waals surface area contributed by atoms with Crippen molar-refractivity contribution >= 4 is 5.91 Å². The highest BCUT2D eigenvalue weighted by atomic mass is 16.5. The van der Waals surface area contributed by atoms with E-state index in [0.29, 0.717) is 17.6 Å². The molecule has 2 aliphatic heterocycles. The van der Waals surface area contributed by atoms with E-state index in [1.807, 2.05) is 15.8 Å². The van der Waals surface area contributed by atoms with Gasteiger partial charge in [-0.2, -0.15) is 5.10 Å². The number of rotatable bonds is 5. The van der Waals surface area contributed by atoms with E-state index >= 15 is 0 Å². The molecule has 0 aromatic carbocycles. The van der Waals surface area contributed by atoms with E-state index in [4.69, 9.17) is 9.15 Å². The fourth-order valence-corrected chi connectivity index (χ4v) is 4.10. The third-order valence-electron chi connectivity index (χ3n) is 5.63. The van der Waals surface area contributed by atoms with Crippen molar-refractivity contribution in [3.63, 3.8) is 0 Å². The first kappa shape index (κ1) is 18.3. The summed E-state index contributed by atoms with van der Waals surface area (Å²) in [5.74, 6) is 0.0630. The van der Waals surface area contributed by atoms with Crippen LogP contribution in [0.25, 0.3) is 0 Å². The Morgan fingerprint density at radius 2 is 2.19 bits per heavy atom. The van der Waals surface area contributed by atoms with Crippen LogP contribution in [0, 0.1) is 0 Å². The number of piperidine rings is 1. The average molecular weight is 372 g/mol. The molecule has 2 aliphatic rings. The summed E-state index contributed by atoms with van der Waals surface area (Å²) in [5, 5.41) is 8.21. The van der Waals surface area contributed by atoms with Gasteiger partial charge in [-0.3, -0.25) is 9.48 Å². The fraction of sp³-hybridized carbons (Fsp3) is 0.600. The second-order valence-corrected chi connectivity index (χ2v) is 7.41. The molecule has 7 nitrogen and oxygen atoms in total. The SMILES string of the molecule is CCn1cc([C@H]2OCCC[C@@H]2NC2CCN(C(=O)c3ccoc3)CC2)cn1. The number of aryl methyl sites for hydroxylation is 1. The summed E-state index contributed by atoms with van der Waals surface area (Å²) in [4.78, 5) is 14.4. The minimum Gasteiger partial charge on any atom is -0.472 e. The summed E-state index contributed by atoms with van der Waals surface area (Å²) in [6.45, 7) is 5.31. The number of amides is 1. The van der Waals surface area contributed by atoms with Gasteiger partial charge >= 0.3 is 0 Å². The predicted molar refractivity (Wildman–Crippen MR) is 100 cm³/mol. The molecule has 2 atom stereocenters. The Morgan fingerprint density at radius 1 is 1.33 bits per heavy atom. The van der Waals surface area contributed by atoms with Crippen LogP contribution in [-0.4, -0.2) is 52.4 Å². The molecule has 27 heavy (non-hydrogen) atoms. The first-order valence-corrected chi connectivity index (χ1v) is 9.96. The molecule has 0 unspecified atom stereocenters. The van der Waals surface area contributed by atoms with Crippen molar-refractivity contribution in [3.05, 3.63) is 42.1 Å². The summed E-state index contributed by atoms with van der Waals surface area (Å²) in [5.41, 5.74) is 1.79. The standard InChI is InChI=1S/C20H28N4O3/c1-2-24-13-16(12-21-24)19-18(4-3-10-27-19)22-17-5-8-23(9-6-17)20(25)15-7-11-26-14-15/h7,11-14,17-19,22H,2-6,8-10H2,1H3/t18-,19+/m0/s1. The Kier molecular flexibility index (Phi) is 5.59. The van der Waals surface area contributed by atoms with Crippen molar-refractivity contribution < 1.29 is 13.9 Å². The van der Waals surface area contributed by atoms with E-state index in [2.05, 4.69) is 23.5 Å². The van der Waals surface area contributed by atoms with E-state index in [1.54, 1.807) is 12.3 Å². The molecule has 2 fully saturated rings. The van der Waals surface area contributed by atoms with Crippen LogP contribution in [0.3, 0.4) is 0 Å². The number of hydrogen-bond acceptors (Lipinski definition) is 5. The predicted octanol–water partition coefficient (Wildman–Crippen LogP) is 2.61. The lowest BCUT2D eigenvalue weighted by atomic mass is 9.95. The van der Waals surface area contributed by atoms with Gasteiger partial charge in [-0.15, -0.1) is 0 Å². The molecule has 2 aromatic heterocycles. The maximum absolute atomic E-state index is 12.4. The summed E-state index contributed by atoms with van der Waals surface area (Å²) < 4.78 is 13.1. The number of hydrogen-bond donors (Lipinski definition) is 1. The maximum atomic E-state index is 12.4. The van der Waals surface area contributed by atoms with E-state index in [0.717, 1.165) is 57.5 Å². The largest absolute Gasteiger partial charge is 0.472 e. The Hall–Kier alpha value is -2.12. The second kappa shape index (κ2) is 8.27. The summed E-state index contributed by atoms with van der Waals surface area (Å²) in [7, 11) is 0. The van der Waals surface area contributed by atoms with Crippen LogP contribution in [0.4, 0.5) is 0 Å². The molecule has 4 heterocycles. The van der Waals surface area contributed by atoms with Crippen molar-refractivity contribution in [1.29, 1.82) is 0 Å². The molecular formula is C20H28N4O3. The van der Waals surface area contributed by atoms with Crippen LogP contribution < -0.4 is 5.32 Å². The fourth-order valence-electron chi connectivity index (χ4n) is 4.10. The van der Waals surface area contributed by atoms with Crippen molar-refractivity contribution in [2.24, 2.45) is 0 Å². The van der Waals surface area contributed by atoms with Crippen LogP contribution in [0.5, 0.6) is 0 Å². The summed E-state index contributed by atoms with van der Waals surface area (Å²) in [6.07, 6.45) is 11.3. The maximum Gasteiger partial charge on any atom is 0.257 e. The quantitative estimate of drug-likeness (QED) is 0.873. The molecule has 146 valence electrons. The third kappa shape index (κ3) is 4.09. The molecule has 4 rings (SSSR count). The monoisotopic (exact) mass is 372 g/mol. The molecule has 1 amide bonds. The number of carbonyl (C=O) groups excluding carboxylic acids is 1. The summed E-state index contributed by atoms with van der Waals surface area (Å²) >= 11 is 0. The minimum atomic E-state index is 0.0599. The van der Waals surface area contributed by atoms with Crippen LogP contribution in [0.15, 0.2) is 35.4 Å². The molecule has 0 radical (unpaired) electrons. The van der Waals surface area contributed by atoms with Crippen LogP contribution in [0.2, 0.25) is 0 Å². The number of nitrogens with one attached hydrogen (secondary N) is 1. The van der Waals surface area contributed by atoms with Gasteiger partial charge in [-0.1, -0.05) is 0 Å². The van der Waals surface area contributed by atoms with E-state index < -0.39 is 0 Å². The van der Waals surface area contributed by atoms with Gasteiger partial charge in [-0.25, -0.2) is 0 Å². The lowest BCUT2D eigenvalue weighted by molar-refractivity contribution is -0.0160. The molecule has 1 N–H and O–H groups in total. The number of carbonyl (C=O) groups is 1. The lowest BCUT2D eigenvalue weighted by Crippen LogP contribution is -2.50. The Balaban J connectivity index is 1.33. The number of furan rings is 1. The normalized spacial score (nSPS) is 24.3. The van der Waals surface area contributed by atoms with E-state index in [9.17, 15) is 4.79 Å². The van der Waals surface area contributed by atoms with Crippen LogP contribution >= 0.6 is 0 Å². The Bertz CT molecular complexity index is 734. The zero-order valence-corrected chi connectivity index (χ0v) is 15.8. The zero-order valence-electron chi connectivity index (χ0n) is 15.8. The van der Waals surface area contributed by atoms with Crippen molar-refractivity contribution in [2.45, 2.75) is 57.3 Å². The number of aromatic nitrogens is 2. The van der Waals surface area contributed by atoms with E-state index in [1.165, 1.54) is 6.26 Å². The average Bonchev–Trinajstić information content (AvgIpc) is 3.40. The van der Waals surface area contributed by atoms with Gasteiger partial charge in [0.25, 0.3) is 5.91 Å². The van der Waals surface area contributed by atoms with Gasteiger partial charge in [0, 0.05) is 50.1 Å². The topological polar surface area (TPSA) is 72.5 Å². The first-order chi connectivity index (χ1) is 13.2. The van der Waals surface area contributed by atoms with Gasteiger partial charge in [0.2, 0.25) is 0 Å². The highest BCUT2D eigenvalue weighted by Gasteiger charge is 2.32. The van der Waals surface area contributed by atoms with Gasteiger partial charge in [0.15, 0.2) is 0 Å². The molecule has 0 spiro atoms. The van der Waals surface area contributed by atoms with Crippen LogP contribution in [0.1, 0.15) is 54.6 Å². The molecule has 0 saturated carbocycles. The number of ether oxygens (including phenoxy) is 1. The van der Waals surface area contributed by atoms with Crippen LogP contribution in [-0.2, 0) is 11.3 Å². The highest BCUT2D eigenvalue weighted by Crippen LogP contribution is 2.29. The smallest absolute Gasteiger partial charge is 0.257 e.